The molecule has 0 saturated carbocycles. The first kappa shape index (κ1) is 13.0. The van der Waals surface area contributed by atoms with Gasteiger partial charge in [-0.2, -0.15) is 0 Å². The molecule has 1 aliphatic rings. The average Bonchev–Trinajstić information content (AvgIpc) is 3.05. The van der Waals surface area contributed by atoms with Crippen molar-refractivity contribution in [3.05, 3.63) is 0 Å². The molecule has 0 bridgehead atoms. The predicted molar refractivity (Wildman–Crippen MR) is 66.9 cm³/mol. The zero-order chi connectivity index (χ0) is 11.3. The number of nitrogens with one attached hydrogen (secondary N) is 1. The number of nitrogens with two attached hydrogens (primary N) is 1. The molecule has 15 heavy (non-hydrogen) atoms. The van der Waals surface area contributed by atoms with Gasteiger partial charge < -0.3 is 11.1 Å². The molecule has 0 aromatic heterocycles. The number of rotatable bonds is 8. The highest BCUT2D eigenvalue weighted by molar-refractivity contribution is 4.90. The molecule has 1 saturated heterocycles. The van der Waals surface area contributed by atoms with Crippen molar-refractivity contribution in [2.45, 2.75) is 65.0 Å². The normalized spacial score (nSPS) is 24.2. The third-order valence-electron chi connectivity index (χ3n) is 4.06. The molecular formula is C13H28N2. The summed E-state index contributed by atoms with van der Waals surface area (Å²) in [5.74, 6) is 1.60. The maximum atomic E-state index is 6.24. The highest BCUT2D eigenvalue weighted by Crippen LogP contribution is 2.24. The number of hydrogen-bond acceptors (Lipinski definition) is 2. The predicted octanol–water partition coefficient (Wildman–Crippen LogP) is 2.53. The summed E-state index contributed by atoms with van der Waals surface area (Å²) in [5.41, 5.74) is 6.24. The van der Waals surface area contributed by atoms with Gasteiger partial charge in [-0.05, 0) is 24.7 Å². The van der Waals surface area contributed by atoms with Crippen molar-refractivity contribution in [1.82, 2.24) is 5.32 Å². The quantitative estimate of drug-likeness (QED) is 0.607. The van der Waals surface area contributed by atoms with Crippen LogP contribution in [0, 0.1) is 11.8 Å². The van der Waals surface area contributed by atoms with Gasteiger partial charge in [0.1, 0.15) is 0 Å². The summed E-state index contributed by atoms with van der Waals surface area (Å²) < 4.78 is 0. The Hall–Kier alpha value is -0.0800. The lowest BCUT2D eigenvalue weighted by atomic mass is 9.87. The minimum Gasteiger partial charge on any atom is -0.327 e. The topological polar surface area (TPSA) is 48.0 Å². The molecular weight excluding hydrogens is 184 g/mol. The Morgan fingerprint density at radius 2 is 1.73 bits per heavy atom. The van der Waals surface area contributed by atoms with Crippen LogP contribution in [0.4, 0.5) is 0 Å². The van der Waals surface area contributed by atoms with Crippen LogP contribution >= 0.6 is 0 Å². The minimum absolute atomic E-state index is 0.424. The molecule has 1 aliphatic heterocycles. The fourth-order valence-corrected chi connectivity index (χ4v) is 2.63. The van der Waals surface area contributed by atoms with Gasteiger partial charge in [0, 0.05) is 18.6 Å². The molecule has 90 valence electrons. The fraction of sp³-hybridized carbons (Fsp3) is 1.00. The Bertz CT molecular complexity index is 162. The van der Waals surface area contributed by atoms with Crippen LogP contribution in [0.1, 0.15) is 52.9 Å². The first-order valence-electron chi connectivity index (χ1n) is 6.71. The largest absolute Gasteiger partial charge is 0.327 e. The first-order chi connectivity index (χ1) is 7.22. The first-order valence-corrected chi connectivity index (χ1v) is 6.71. The Kier molecular flexibility index (Phi) is 5.62. The number of hydrogen-bond donors (Lipinski definition) is 2. The summed E-state index contributed by atoms with van der Waals surface area (Å²) in [5, 5.41) is 3.43. The molecule has 0 amide bonds. The molecule has 0 aliphatic carbocycles. The molecule has 3 N–H and O–H groups in total. The maximum absolute atomic E-state index is 6.24. The Labute approximate surface area is 95.0 Å². The lowest BCUT2D eigenvalue weighted by Gasteiger charge is -2.23. The van der Waals surface area contributed by atoms with E-state index in [1.807, 2.05) is 0 Å². The Morgan fingerprint density at radius 1 is 1.13 bits per heavy atom. The van der Waals surface area contributed by atoms with Crippen LogP contribution in [0.25, 0.3) is 0 Å². The van der Waals surface area contributed by atoms with Crippen molar-refractivity contribution in [1.29, 1.82) is 0 Å². The van der Waals surface area contributed by atoms with Crippen molar-refractivity contribution < 1.29 is 0 Å². The molecule has 1 rings (SSSR count). The molecule has 0 spiro atoms. The van der Waals surface area contributed by atoms with Gasteiger partial charge in [0.25, 0.3) is 0 Å². The van der Waals surface area contributed by atoms with Crippen molar-refractivity contribution in [2.24, 2.45) is 17.6 Å². The second-order valence-corrected chi connectivity index (χ2v) is 5.00. The van der Waals surface area contributed by atoms with Crippen LogP contribution in [0.5, 0.6) is 0 Å². The highest BCUT2D eigenvalue weighted by Gasteiger charge is 2.29. The smallest absolute Gasteiger partial charge is 0.0221 e. The maximum Gasteiger partial charge on any atom is 0.0221 e. The van der Waals surface area contributed by atoms with Crippen LogP contribution in [-0.2, 0) is 0 Å². The van der Waals surface area contributed by atoms with E-state index in [0.29, 0.717) is 6.04 Å². The van der Waals surface area contributed by atoms with Crippen LogP contribution in [0.3, 0.4) is 0 Å². The van der Waals surface area contributed by atoms with Crippen LogP contribution in [-0.4, -0.2) is 18.6 Å². The van der Waals surface area contributed by atoms with Crippen molar-refractivity contribution >= 4 is 0 Å². The van der Waals surface area contributed by atoms with E-state index in [1.54, 1.807) is 0 Å². The molecule has 0 aromatic carbocycles. The van der Waals surface area contributed by atoms with E-state index in [2.05, 4.69) is 26.1 Å². The van der Waals surface area contributed by atoms with E-state index in [4.69, 9.17) is 5.73 Å². The standard InChI is InChI=1S/C13H28N2/c1-4-10(5-2)12(14)8-7-11(6-3)13-9-15-13/h10-13,15H,4-9,14H2,1-3H3. The van der Waals surface area contributed by atoms with E-state index in [-0.39, 0.29) is 0 Å². The molecule has 3 unspecified atom stereocenters. The molecule has 3 atom stereocenters. The molecule has 0 aromatic rings. The fourth-order valence-electron chi connectivity index (χ4n) is 2.63. The second kappa shape index (κ2) is 6.49. The van der Waals surface area contributed by atoms with E-state index >= 15 is 0 Å². The molecule has 2 nitrogen and oxygen atoms in total. The van der Waals surface area contributed by atoms with Gasteiger partial charge in [0.05, 0.1) is 0 Å². The summed E-state index contributed by atoms with van der Waals surface area (Å²) in [6.45, 7) is 8.05. The van der Waals surface area contributed by atoms with E-state index in [9.17, 15) is 0 Å². The zero-order valence-electron chi connectivity index (χ0n) is 10.6. The summed E-state index contributed by atoms with van der Waals surface area (Å²) in [7, 11) is 0. The van der Waals surface area contributed by atoms with Gasteiger partial charge in [-0.1, -0.05) is 40.0 Å². The lowest BCUT2D eigenvalue weighted by molar-refractivity contribution is 0.337. The van der Waals surface area contributed by atoms with Crippen molar-refractivity contribution in [2.75, 3.05) is 6.54 Å². The van der Waals surface area contributed by atoms with E-state index in [0.717, 1.165) is 17.9 Å². The molecule has 1 fully saturated rings. The van der Waals surface area contributed by atoms with Gasteiger partial charge in [-0.3, -0.25) is 0 Å². The van der Waals surface area contributed by atoms with Gasteiger partial charge >= 0.3 is 0 Å². The van der Waals surface area contributed by atoms with Crippen LogP contribution in [0.2, 0.25) is 0 Å². The summed E-state index contributed by atoms with van der Waals surface area (Å²) in [6.07, 6.45) is 6.29. The monoisotopic (exact) mass is 212 g/mol. The lowest BCUT2D eigenvalue weighted by Crippen LogP contribution is -2.30. The minimum atomic E-state index is 0.424. The summed E-state index contributed by atoms with van der Waals surface area (Å²) in [4.78, 5) is 0. The third kappa shape index (κ3) is 4.12. The van der Waals surface area contributed by atoms with Gasteiger partial charge in [0.2, 0.25) is 0 Å². The zero-order valence-corrected chi connectivity index (χ0v) is 10.6. The van der Waals surface area contributed by atoms with Crippen LogP contribution < -0.4 is 11.1 Å². The van der Waals surface area contributed by atoms with Gasteiger partial charge in [0.15, 0.2) is 0 Å². The van der Waals surface area contributed by atoms with Gasteiger partial charge in [-0.15, -0.1) is 0 Å². The summed E-state index contributed by atoms with van der Waals surface area (Å²) >= 11 is 0. The molecule has 1 heterocycles. The van der Waals surface area contributed by atoms with Gasteiger partial charge in [-0.25, -0.2) is 0 Å². The van der Waals surface area contributed by atoms with Crippen molar-refractivity contribution in [3.8, 4) is 0 Å². The van der Waals surface area contributed by atoms with E-state index in [1.165, 1.54) is 38.6 Å². The SMILES string of the molecule is CCC(CC)C(N)CCC(CC)C1CN1. The second-order valence-electron chi connectivity index (χ2n) is 5.00. The summed E-state index contributed by atoms with van der Waals surface area (Å²) in [6, 6.07) is 1.23. The molecule has 2 heteroatoms. The third-order valence-corrected chi connectivity index (χ3v) is 4.06. The Morgan fingerprint density at radius 3 is 2.13 bits per heavy atom. The Balaban J connectivity index is 2.21. The average molecular weight is 212 g/mol. The van der Waals surface area contributed by atoms with Crippen molar-refractivity contribution in [3.63, 3.8) is 0 Å². The van der Waals surface area contributed by atoms with E-state index < -0.39 is 0 Å². The highest BCUT2D eigenvalue weighted by atomic mass is 15.1. The molecule has 0 radical (unpaired) electrons. The van der Waals surface area contributed by atoms with Crippen LogP contribution in [0.15, 0.2) is 0 Å².